The van der Waals surface area contributed by atoms with Crippen molar-refractivity contribution in [3.63, 3.8) is 0 Å². The van der Waals surface area contributed by atoms with Gasteiger partial charge in [0, 0.05) is 25.1 Å². The van der Waals surface area contributed by atoms with Gasteiger partial charge in [0.25, 0.3) is 0 Å². The summed E-state index contributed by atoms with van der Waals surface area (Å²) in [6.07, 6.45) is 1.40. The van der Waals surface area contributed by atoms with Crippen molar-refractivity contribution in [2.24, 2.45) is 11.3 Å². The number of carboxylic acid groups (broad SMARTS) is 1. The quantitative estimate of drug-likeness (QED) is 0.568. The zero-order valence-corrected chi connectivity index (χ0v) is 15.7. The first-order chi connectivity index (χ1) is 12.3. The van der Waals surface area contributed by atoms with Crippen LogP contribution in [0.1, 0.15) is 50.4 Å². The summed E-state index contributed by atoms with van der Waals surface area (Å²) in [5.41, 5.74) is -0.196. The van der Waals surface area contributed by atoms with Gasteiger partial charge in [0.05, 0.1) is 12.0 Å². The predicted octanol–water partition coefficient (Wildman–Crippen LogP) is 3.01. The van der Waals surface area contributed by atoms with E-state index in [9.17, 15) is 19.5 Å². The van der Waals surface area contributed by atoms with Gasteiger partial charge in [-0.3, -0.25) is 14.4 Å². The second-order valence-corrected chi connectivity index (χ2v) is 7.21. The number of nitrogens with zero attached hydrogens (tertiary/aromatic N) is 1. The molecule has 1 amide bonds. The number of amides is 1. The highest BCUT2D eigenvalue weighted by atomic mass is 16.5. The maximum Gasteiger partial charge on any atom is 0.311 e. The van der Waals surface area contributed by atoms with Crippen LogP contribution in [0.15, 0.2) is 24.3 Å². The number of benzene rings is 1. The van der Waals surface area contributed by atoms with E-state index in [2.05, 4.69) is 0 Å². The highest BCUT2D eigenvalue weighted by molar-refractivity contribution is 5.94. The van der Waals surface area contributed by atoms with E-state index in [1.54, 1.807) is 29.2 Å². The molecule has 26 heavy (non-hydrogen) atoms. The molecule has 1 saturated heterocycles. The molecule has 2 rings (SSSR count). The molecule has 1 aromatic carbocycles. The number of rotatable bonds is 8. The van der Waals surface area contributed by atoms with Crippen molar-refractivity contribution in [1.82, 2.24) is 4.90 Å². The molecule has 0 bridgehead atoms. The van der Waals surface area contributed by atoms with Gasteiger partial charge in [0.2, 0.25) is 5.91 Å². The molecule has 1 aliphatic heterocycles. The van der Waals surface area contributed by atoms with Crippen molar-refractivity contribution in [2.45, 2.75) is 40.0 Å². The molecule has 142 valence electrons. The lowest BCUT2D eigenvalue weighted by atomic mass is 9.76. The zero-order valence-electron chi connectivity index (χ0n) is 15.7. The van der Waals surface area contributed by atoms with Gasteiger partial charge in [-0.25, -0.2) is 0 Å². The monoisotopic (exact) mass is 361 g/mol. The van der Waals surface area contributed by atoms with Gasteiger partial charge < -0.3 is 14.7 Å². The van der Waals surface area contributed by atoms with Crippen molar-refractivity contribution in [2.75, 3.05) is 19.7 Å². The van der Waals surface area contributed by atoms with Crippen molar-refractivity contribution in [3.05, 3.63) is 29.8 Å². The van der Waals surface area contributed by atoms with Crippen molar-refractivity contribution in [1.29, 1.82) is 0 Å². The molecule has 1 aliphatic rings. The van der Waals surface area contributed by atoms with Crippen LogP contribution in [-0.2, 0) is 9.59 Å². The summed E-state index contributed by atoms with van der Waals surface area (Å²) in [5.74, 6) is -0.191. The van der Waals surface area contributed by atoms with Gasteiger partial charge >= 0.3 is 5.97 Å². The van der Waals surface area contributed by atoms with E-state index < -0.39 is 11.4 Å². The second-order valence-electron chi connectivity index (χ2n) is 7.21. The van der Waals surface area contributed by atoms with Gasteiger partial charge in [0.1, 0.15) is 5.75 Å². The van der Waals surface area contributed by atoms with E-state index in [1.807, 2.05) is 13.8 Å². The Kier molecular flexibility index (Phi) is 6.40. The van der Waals surface area contributed by atoms with E-state index in [1.165, 1.54) is 6.92 Å². The molecule has 0 saturated carbocycles. The molecule has 0 aliphatic carbocycles. The number of carbonyl (C=O) groups is 3. The maximum absolute atomic E-state index is 12.3. The van der Waals surface area contributed by atoms with Gasteiger partial charge in [-0.05, 0) is 49.9 Å². The average molecular weight is 361 g/mol. The summed E-state index contributed by atoms with van der Waals surface area (Å²) in [4.78, 5) is 36.9. The van der Waals surface area contributed by atoms with E-state index in [0.717, 1.165) is 0 Å². The number of likely N-dealkylation sites (tertiary alicyclic amines) is 1. The van der Waals surface area contributed by atoms with Crippen LogP contribution in [0, 0.1) is 11.3 Å². The number of hydrogen-bond donors (Lipinski definition) is 1. The largest absolute Gasteiger partial charge is 0.494 e. The number of carbonyl (C=O) groups excluding carboxylic acids is 2. The van der Waals surface area contributed by atoms with Crippen LogP contribution in [-0.4, -0.2) is 47.4 Å². The molecule has 0 spiro atoms. The topological polar surface area (TPSA) is 83.9 Å². The number of Topliss-reactive ketones (excluding diaryl/α,β-unsaturated/α-hetero) is 1. The zero-order chi connectivity index (χ0) is 19.3. The fraction of sp³-hybridized carbons (Fsp3) is 0.550. The van der Waals surface area contributed by atoms with Gasteiger partial charge in [0.15, 0.2) is 5.78 Å². The first-order valence-corrected chi connectivity index (χ1v) is 9.01. The fourth-order valence-corrected chi connectivity index (χ4v) is 3.30. The Morgan fingerprint density at radius 1 is 1.23 bits per heavy atom. The van der Waals surface area contributed by atoms with Crippen LogP contribution in [0.3, 0.4) is 0 Å². The minimum atomic E-state index is -0.829. The van der Waals surface area contributed by atoms with Crippen molar-refractivity contribution >= 4 is 17.7 Å². The third-order valence-corrected chi connectivity index (χ3v) is 5.25. The van der Waals surface area contributed by atoms with Crippen LogP contribution in [0.5, 0.6) is 5.75 Å². The van der Waals surface area contributed by atoms with Gasteiger partial charge in [-0.1, -0.05) is 13.8 Å². The lowest BCUT2D eigenvalue weighted by molar-refractivity contribution is -0.151. The van der Waals surface area contributed by atoms with E-state index >= 15 is 0 Å². The number of ether oxygens (including phenoxy) is 1. The molecule has 0 aromatic heterocycles. The van der Waals surface area contributed by atoms with E-state index in [0.29, 0.717) is 43.7 Å². The molecule has 1 atom stereocenters. The summed E-state index contributed by atoms with van der Waals surface area (Å²) in [6.45, 7) is 6.48. The van der Waals surface area contributed by atoms with Crippen LogP contribution in [0.4, 0.5) is 0 Å². The first-order valence-electron chi connectivity index (χ1n) is 9.01. The summed E-state index contributed by atoms with van der Waals surface area (Å²) < 4.78 is 5.60. The molecule has 1 unspecified atom stereocenters. The smallest absolute Gasteiger partial charge is 0.311 e. The highest BCUT2D eigenvalue weighted by Gasteiger charge is 2.48. The fourth-order valence-electron chi connectivity index (χ4n) is 3.30. The maximum atomic E-state index is 12.3. The Labute approximate surface area is 154 Å². The average Bonchev–Trinajstić information content (AvgIpc) is 3.06. The number of carboxylic acids is 1. The SMILES string of the molecule is CC(=O)c1ccc(OCCCC(=O)N2CCC(C(=O)O)(C(C)C)C2)cc1. The Hall–Kier alpha value is -2.37. The molecule has 6 nitrogen and oxygen atoms in total. The van der Waals surface area contributed by atoms with Gasteiger partial charge in [-0.2, -0.15) is 0 Å². The lowest BCUT2D eigenvalue weighted by Crippen LogP contribution is -2.40. The second kappa shape index (κ2) is 8.34. The minimum absolute atomic E-state index is 0.00611. The molecule has 1 heterocycles. The standard InChI is InChI=1S/C20H27NO5/c1-14(2)20(19(24)25)10-11-21(13-20)18(23)5-4-12-26-17-8-6-16(7-9-17)15(3)22/h6-9,14H,4-5,10-13H2,1-3H3,(H,24,25). The molecule has 1 fully saturated rings. The highest BCUT2D eigenvalue weighted by Crippen LogP contribution is 2.38. The van der Waals surface area contributed by atoms with Crippen LogP contribution >= 0.6 is 0 Å². The summed E-state index contributed by atoms with van der Waals surface area (Å²) >= 11 is 0. The number of aliphatic carboxylic acids is 1. The summed E-state index contributed by atoms with van der Waals surface area (Å²) in [6, 6.07) is 6.90. The van der Waals surface area contributed by atoms with E-state index in [4.69, 9.17) is 4.74 Å². The molecule has 6 heteroatoms. The number of hydrogen-bond acceptors (Lipinski definition) is 4. The molecule has 0 radical (unpaired) electrons. The lowest BCUT2D eigenvalue weighted by Gasteiger charge is -2.28. The van der Waals surface area contributed by atoms with Crippen LogP contribution in [0.25, 0.3) is 0 Å². The predicted molar refractivity (Wildman–Crippen MR) is 97.3 cm³/mol. The molecular weight excluding hydrogens is 334 g/mol. The summed E-state index contributed by atoms with van der Waals surface area (Å²) in [7, 11) is 0. The van der Waals surface area contributed by atoms with Crippen LogP contribution in [0.2, 0.25) is 0 Å². The molecule has 1 aromatic rings. The van der Waals surface area contributed by atoms with Crippen molar-refractivity contribution < 1.29 is 24.2 Å². The van der Waals surface area contributed by atoms with E-state index in [-0.39, 0.29) is 24.2 Å². The van der Waals surface area contributed by atoms with Crippen molar-refractivity contribution in [3.8, 4) is 5.75 Å². The normalized spacial score (nSPS) is 19.6. The summed E-state index contributed by atoms with van der Waals surface area (Å²) in [5, 5.41) is 9.55. The Balaban J connectivity index is 1.77. The number of ketones is 1. The molecular formula is C20H27NO5. The van der Waals surface area contributed by atoms with Crippen LogP contribution < -0.4 is 4.74 Å². The third-order valence-electron chi connectivity index (χ3n) is 5.25. The molecule has 1 N–H and O–H groups in total. The first kappa shape index (κ1) is 19.9. The van der Waals surface area contributed by atoms with Gasteiger partial charge in [-0.15, -0.1) is 0 Å². The third kappa shape index (κ3) is 4.42. The minimum Gasteiger partial charge on any atom is -0.494 e. The Morgan fingerprint density at radius 2 is 1.88 bits per heavy atom. The Morgan fingerprint density at radius 3 is 2.38 bits per heavy atom. The Bertz CT molecular complexity index is 667.